The van der Waals surface area contributed by atoms with Crippen molar-refractivity contribution in [1.29, 1.82) is 0 Å². The molecule has 0 saturated carbocycles. The standard InChI is InChI=1S/C20H20N2O7S/c1-27-13-7-8-14(17(11-13)28-2)16(23)12-29-19(24)9-10-21-20-15-5-3-4-6-18(15)30(25,26)22-20/h3-8,11H,9-10,12H2,1-2H3,(H,21,22). The zero-order valence-electron chi connectivity index (χ0n) is 16.4. The number of benzene rings is 2. The fraction of sp³-hybridized carbons (Fsp3) is 0.250. The summed E-state index contributed by atoms with van der Waals surface area (Å²) in [5.41, 5.74) is 0.718. The zero-order valence-corrected chi connectivity index (χ0v) is 17.2. The molecule has 3 rings (SSSR count). The Labute approximate surface area is 173 Å². The van der Waals surface area contributed by atoms with Gasteiger partial charge in [-0.1, -0.05) is 12.1 Å². The van der Waals surface area contributed by atoms with E-state index in [-0.39, 0.29) is 29.3 Å². The molecule has 0 spiro atoms. The number of hydrogen-bond donors (Lipinski definition) is 1. The summed E-state index contributed by atoms with van der Waals surface area (Å²) in [6, 6.07) is 11.1. The fourth-order valence-corrected chi connectivity index (χ4v) is 4.09. The molecule has 0 amide bonds. The monoisotopic (exact) mass is 432 g/mol. The number of esters is 1. The van der Waals surface area contributed by atoms with Crippen LogP contribution >= 0.6 is 0 Å². The Kier molecular flexibility index (Phi) is 6.36. The molecule has 158 valence electrons. The molecule has 0 atom stereocenters. The number of carbonyl (C=O) groups is 2. The highest BCUT2D eigenvalue weighted by atomic mass is 32.2. The Hall–Kier alpha value is -3.40. The van der Waals surface area contributed by atoms with Gasteiger partial charge < -0.3 is 14.2 Å². The van der Waals surface area contributed by atoms with Gasteiger partial charge in [0.25, 0.3) is 10.0 Å². The molecule has 1 N–H and O–H groups in total. The summed E-state index contributed by atoms with van der Waals surface area (Å²) in [7, 11) is -0.712. The Morgan fingerprint density at radius 3 is 2.57 bits per heavy atom. The van der Waals surface area contributed by atoms with Gasteiger partial charge in [-0.15, -0.1) is 0 Å². The summed E-state index contributed by atoms with van der Waals surface area (Å²) in [5, 5.41) is 0. The highest BCUT2D eigenvalue weighted by Crippen LogP contribution is 2.25. The largest absolute Gasteiger partial charge is 0.497 e. The first-order chi connectivity index (χ1) is 14.4. The number of nitrogens with zero attached hydrogens (tertiary/aromatic N) is 1. The summed E-state index contributed by atoms with van der Waals surface area (Å²) in [5.74, 6) is -0.0315. The maximum absolute atomic E-state index is 12.3. The first-order valence-corrected chi connectivity index (χ1v) is 10.4. The maximum Gasteiger partial charge on any atom is 0.308 e. The highest BCUT2D eigenvalue weighted by molar-refractivity contribution is 7.90. The number of nitrogens with one attached hydrogen (secondary N) is 1. The molecule has 9 nitrogen and oxygen atoms in total. The average Bonchev–Trinajstić information content (AvgIpc) is 3.01. The van der Waals surface area contributed by atoms with Gasteiger partial charge in [-0.05, 0) is 24.3 Å². The van der Waals surface area contributed by atoms with Crippen molar-refractivity contribution < 1.29 is 32.2 Å². The van der Waals surface area contributed by atoms with Crippen molar-refractivity contribution in [2.24, 2.45) is 4.99 Å². The molecule has 0 fully saturated rings. The third kappa shape index (κ3) is 4.60. The second-order valence-electron chi connectivity index (χ2n) is 6.23. The molecule has 30 heavy (non-hydrogen) atoms. The number of carbonyl (C=O) groups excluding carboxylic acids is 2. The van der Waals surface area contributed by atoms with Crippen LogP contribution in [0.3, 0.4) is 0 Å². The van der Waals surface area contributed by atoms with Gasteiger partial charge >= 0.3 is 5.97 Å². The molecule has 2 aromatic rings. The van der Waals surface area contributed by atoms with Crippen molar-refractivity contribution in [2.75, 3.05) is 27.4 Å². The third-order valence-electron chi connectivity index (χ3n) is 4.32. The minimum Gasteiger partial charge on any atom is -0.497 e. The van der Waals surface area contributed by atoms with Gasteiger partial charge in [0.05, 0.1) is 37.6 Å². The second-order valence-corrected chi connectivity index (χ2v) is 7.88. The molecular formula is C20H20N2O7S. The number of ketones is 1. The van der Waals surface area contributed by atoms with E-state index in [2.05, 4.69) is 9.71 Å². The molecule has 1 aliphatic rings. The Bertz CT molecular complexity index is 1110. The smallest absolute Gasteiger partial charge is 0.308 e. The first kappa shape index (κ1) is 21.3. The van der Waals surface area contributed by atoms with Crippen molar-refractivity contribution in [3.05, 3.63) is 53.6 Å². The van der Waals surface area contributed by atoms with Crippen LogP contribution in [0, 0.1) is 0 Å². The Morgan fingerprint density at radius 2 is 1.83 bits per heavy atom. The van der Waals surface area contributed by atoms with E-state index in [9.17, 15) is 18.0 Å². The number of fused-ring (bicyclic) bond motifs is 1. The molecule has 1 heterocycles. The van der Waals surface area contributed by atoms with Crippen LogP contribution in [0.2, 0.25) is 0 Å². The van der Waals surface area contributed by atoms with Gasteiger partial charge in [0.2, 0.25) is 5.78 Å². The topological polar surface area (TPSA) is 120 Å². The van der Waals surface area contributed by atoms with Crippen LogP contribution in [0.5, 0.6) is 11.5 Å². The quantitative estimate of drug-likeness (QED) is 0.496. The predicted octanol–water partition coefficient (Wildman–Crippen LogP) is 1.56. The van der Waals surface area contributed by atoms with E-state index in [0.717, 1.165) is 0 Å². The molecule has 0 aliphatic carbocycles. The van der Waals surface area contributed by atoms with E-state index in [4.69, 9.17) is 14.2 Å². The van der Waals surface area contributed by atoms with Crippen molar-refractivity contribution in [1.82, 2.24) is 4.72 Å². The van der Waals surface area contributed by atoms with E-state index >= 15 is 0 Å². The van der Waals surface area contributed by atoms with Crippen molar-refractivity contribution in [2.45, 2.75) is 11.3 Å². The van der Waals surface area contributed by atoms with Crippen molar-refractivity contribution in [3.8, 4) is 11.5 Å². The lowest BCUT2D eigenvalue weighted by Gasteiger charge is -2.10. The van der Waals surface area contributed by atoms with Gasteiger partial charge in [0, 0.05) is 11.6 Å². The normalized spacial score (nSPS) is 15.2. The summed E-state index contributed by atoms with van der Waals surface area (Å²) < 4.78 is 41.7. The van der Waals surface area contributed by atoms with Gasteiger partial charge in [-0.3, -0.25) is 19.3 Å². The van der Waals surface area contributed by atoms with E-state index in [0.29, 0.717) is 17.1 Å². The van der Waals surface area contributed by atoms with Gasteiger partial charge in [-0.2, -0.15) is 0 Å². The number of aliphatic imine (C=N–C) groups is 1. The number of rotatable bonds is 8. The lowest BCUT2D eigenvalue weighted by Crippen LogP contribution is -2.22. The van der Waals surface area contributed by atoms with Crippen molar-refractivity contribution >= 4 is 27.6 Å². The molecule has 0 bridgehead atoms. The van der Waals surface area contributed by atoms with Gasteiger partial charge in [0.15, 0.2) is 6.61 Å². The van der Waals surface area contributed by atoms with E-state index < -0.39 is 28.4 Å². The van der Waals surface area contributed by atoms with Gasteiger partial charge in [0.1, 0.15) is 17.3 Å². The first-order valence-electron chi connectivity index (χ1n) is 8.93. The Morgan fingerprint density at radius 1 is 1.07 bits per heavy atom. The summed E-state index contributed by atoms with van der Waals surface area (Å²) in [6.45, 7) is -0.446. The SMILES string of the molecule is COc1ccc(C(=O)COC(=O)CCN=C2NS(=O)(=O)c3ccccc32)c(OC)c1. The molecule has 2 aromatic carbocycles. The lowest BCUT2D eigenvalue weighted by molar-refractivity contribution is -0.142. The molecule has 10 heteroatoms. The van der Waals surface area contributed by atoms with Crippen LogP contribution in [0.4, 0.5) is 0 Å². The lowest BCUT2D eigenvalue weighted by atomic mass is 10.1. The average molecular weight is 432 g/mol. The number of methoxy groups -OCH3 is 2. The third-order valence-corrected chi connectivity index (χ3v) is 5.72. The van der Waals surface area contributed by atoms with Gasteiger partial charge in [-0.25, -0.2) is 8.42 Å². The minimum absolute atomic E-state index is 0.00503. The van der Waals surface area contributed by atoms with Crippen LogP contribution in [-0.4, -0.2) is 53.4 Å². The summed E-state index contributed by atoms with van der Waals surface area (Å²) >= 11 is 0. The zero-order chi connectivity index (χ0) is 21.7. The fourth-order valence-electron chi connectivity index (χ4n) is 2.84. The van der Waals surface area contributed by atoms with Crippen LogP contribution in [-0.2, 0) is 19.6 Å². The molecular weight excluding hydrogens is 412 g/mol. The summed E-state index contributed by atoms with van der Waals surface area (Å²) in [4.78, 5) is 28.5. The molecule has 1 aliphatic heterocycles. The maximum atomic E-state index is 12.3. The van der Waals surface area contributed by atoms with Crippen LogP contribution in [0.15, 0.2) is 52.4 Å². The van der Waals surface area contributed by atoms with Crippen LogP contribution < -0.4 is 14.2 Å². The van der Waals surface area contributed by atoms with E-state index in [1.54, 1.807) is 30.3 Å². The summed E-state index contributed by atoms with van der Waals surface area (Å²) in [6.07, 6.45) is -0.111. The van der Waals surface area contributed by atoms with Crippen LogP contribution in [0.1, 0.15) is 22.3 Å². The molecule has 0 aromatic heterocycles. The molecule has 0 unspecified atom stereocenters. The molecule has 0 saturated heterocycles. The van der Waals surface area contributed by atoms with Crippen molar-refractivity contribution in [3.63, 3.8) is 0 Å². The second kappa shape index (κ2) is 8.95. The number of Topliss-reactive ketones (excluding diaryl/α,β-unsaturated/α-hetero) is 1. The minimum atomic E-state index is -3.63. The number of ether oxygens (including phenoxy) is 3. The Balaban J connectivity index is 1.55. The molecule has 0 radical (unpaired) electrons. The highest BCUT2D eigenvalue weighted by Gasteiger charge is 2.30. The van der Waals surface area contributed by atoms with E-state index in [1.165, 1.54) is 26.4 Å². The predicted molar refractivity (Wildman–Crippen MR) is 108 cm³/mol. The van der Waals surface area contributed by atoms with E-state index in [1.807, 2.05) is 0 Å². The number of amidine groups is 1. The van der Waals surface area contributed by atoms with Crippen LogP contribution in [0.25, 0.3) is 0 Å². The number of hydrogen-bond acceptors (Lipinski definition) is 8. The number of sulfonamides is 1.